The van der Waals surface area contributed by atoms with Crippen molar-refractivity contribution in [2.75, 3.05) is 24.5 Å². The Kier molecular flexibility index (Phi) is 4.65. The summed E-state index contributed by atoms with van der Waals surface area (Å²) in [5.41, 5.74) is 1.19. The molecule has 0 N–H and O–H groups in total. The molecule has 1 aliphatic heterocycles. The normalized spacial score (nSPS) is 14.8. The summed E-state index contributed by atoms with van der Waals surface area (Å²) in [5, 5.41) is 0.538. The quantitative estimate of drug-likeness (QED) is 0.856. The average molecular weight is 295 g/mol. The lowest BCUT2D eigenvalue weighted by Gasteiger charge is -2.24. The van der Waals surface area contributed by atoms with E-state index in [4.69, 9.17) is 11.6 Å². The molecule has 2 amide bonds. The first-order valence-corrected chi connectivity index (χ1v) is 7.35. The monoisotopic (exact) mass is 294 g/mol. The number of amides is 2. The minimum absolute atomic E-state index is 0.0543. The van der Waals surface area contributed by atoms with Crippen molar-refractivity contribution in [1.82, 2.24) is 4.90 Å². The van der Waals surface area contributed by atoms with Crippen LogP contribution in [0.4, 0.5) is 5.69 Å². The molecule has 5 heteroatoms. The molecule has 4 nitrogen and oxygen atoms in total. The van der Waals surface area contributed by atoms with Crippen molar-refractivity contribution in [3.05, 3.63) is 28.8 Å². The predicted molar refractivity (Wildman–Crippen MR) is 80.3 cm³/mol. The molecule has 0 radical (unpaired) electrons. The fourth-order valence-corrected chi connectivity index (χ4v) is 2.66. The van der Waals surface area contributed by atoms with E-state index in [0.29, 0.717) is 42.3 Å². The van der Waals surface area contributed by atoms with E-state index in [2.05, 4.69) is 0 Å². The van der Waals surface area contributed by atoms with Crippen molar-refractivity contribution in [2.45, 2.75) is 26.7 Å². The Balaban J connectivity index is 2.42. The van der Waals surface area contributed by atoms with E-state index < -0.39 is 0 Å². The van der Waals surface area contributed by atoms with Crippen LogP contribution in [0, 0.1) is 0 Å². The predicted octanol–water partition coefficient (Wildman–Crippen LogP) is 2.95. The molecule has 0 atom stereocenters. The molecular formula is C15H19ClN2O2. The van der Waals surface area contributed by atoms with Crippen LogP contribution >= 0.6 is 11.6 Å². The Morgan fingerprint density at radius 3 is 2.60 bits per heavy atom. The Labute approximate surface area is 124 Å². The van der Waals surface area contributed by atoms with E-state index in [9.17, 15) is 9.59 Å². The third kappa shape index (κ3) is 2.80. The number of carbonyl (C=O) groups excluding carboxylic acids is 2. The molecule has 2 rings (SSSR count). The Bertz CT molecular complexity index is 527. The van der Waals surface area contributed by atoms with Crippen LogP contribution in [0.1, 0.15) is 37.0 Å². The highest BCUT2D eigenvalue weighted by Gasteiger charge is 2.27. The van der Waals surface area contributed by atoms with Crippen molar-refractivity contribution in [1.29, 1.82) is 0 Å². The third-order valence-corrected chi connectivity index (χ3v) is 3.84. The number of anilines is 1. The van der Waals surface area contributed by atoms with Crippen LogP contribution in [0.3, 0.4) is 0 Å². The molecule has 1 aromatic carbocycles. The molecule has 1 aliphatic rings. The summed E-state index contributed by atoms with van der Waals surface area (Å²) in [5.74, 6) is 0.00207. The number of carbonyl (C=O) groups is 2. The molecule has 0 bridgehead atoms. The van der Waals surface area contributed by atoms with E-state index in [0.717, 1.165) is 6.42 Å². The van der Waals surface area contributed by atoms with E-state index in [-0.39, 0.29) is 11.8 Å². The Morgan fingerprint density at radius 1 is 1.35 bits per heavy atom. The van der Waals surface area contributed by atoms with Gasteiger partial charge in [-0.05, 0) is 38.5 Å². The van der Waals surface area contributed by atoms with Gasteiger partial charge in [-0.25, -0.2) is 0 Å². The summed E-state index contributed by atoms with van der Waals surface area (Å²) in [6.07, 6.45) is 1.36. The van der Waals surface area contributed by atoms with Gasteiger partial charge in [-0.1, -0.05) is 11.6 Å². The van der Waals surface area contributed by atoms with Gasteiger partial charge in [0.05, 0.1) is 11.3 Å². The second-order valence-electron chi connectivity index (χ2n) is 4.79. The van der Waals surface area contributed by atoms with Gasteiger partial charge in [-0.2, -0.15) is 0 Å². The smallest absolute Gasteiger partial charge is 0.255 e. The summed E-state index contributed by atoms with van der Waals surface area (Å²) in [4.78, 5) is 27.9. The number of halogens is 1. The molecule has 20 heavy (non-hydrogen) atoms. The average Bonchev–Trinajstić information content (AvgIpc) is 2.86. The summed E-state index contributed by atoms with van der Waals surface area (Å²) >= 11 is 6.03. The maximum Gasteiger partial charge on any atom is 0.255 e. The van der Waals surface area contributed by atoms with Gasteiger partial charge in [-0.3, -0.25) is 9.59 Å². The van der Waals surface area contributed by atoms with E-state index in [1.807, 2.05) is 13.8 Å². The highest BCUT2D eigenvalue weighted by atomic mass is 35.5. The van der Waals surface area contributed by atoms with Crippen molar-refractivity contribution < 1.29 is 9.59 Å². The van der Waals surface area contributed by atoms with Crippen LogP contribution in [-0.2, 0) is 4.79 Å². The molecule has 0 aliphatic carbocycles. The highest BCUT2D eigenvalue weighted by molar-refractivity contribution is 6.31. The first kappa shape index (κ1) is 14.9. The SMILES string of the molecule is CCN(CC)C(=O)c1ccc(Cl)cc1N1CCCC1=O. The van der Waals surface area contributed by atoms with Crippen molar-refractivity contribution >= 4 is 29.1 Å². The minimum atomic E-state index is -0.0543. The fraction of sp³-hybridized carbons (Fsp3) is 0.467. The van der Waals surface area contributed by atoms with Gasteiger partial charge >= 0.3 is 0 Å². The lowest BCUT2D eigenvalue weighted by atomic mass is 10.1. The van der Waals surface area contributed by atoms with E-state index in [1.54, 1.807) is 28.0 Å². The molecule has 0 aromatic heterocycles. The van der Waals surface area contributed by atoms with Gasteiger partial charge in [0.1, 0.15) is 0 Å². The summed E-state index contributed by atoms with van der Waals surface area (Å²) in [6.45, 7) is 5.82. The van der Waals surface area contributed by atoms with Crippen LogP contribution < -0.4 is 4.90 Å². The zero-order valence-electron chi connectivity index (χ0n) is 11.9. The molecular weight excluding hydrogens is 276 g/mol. The van der Waals surface area contributed by atoms with Gasteiger partial charge in [0.2, 0.25) is 5.91 Å². The van der Waals surface area contributed by atoms with Crippen molar-refractivity contribution in [3.63, 3.8) is 0 Å². The standard InChI is InChI=1S/C15H19ClN2O2/c1-3-17(4-2)15(20)12-8-7-11(16)10-13(12)18-9-5-6-14(18)19/h7-8,10H,3-6,9H2,1-2H3. The maximum atomic E-state index is 12.5. The Morgan fingerprint density at radius 2 is 2.05 bits per heavy atom. The zero-order chi connectivity index (χ0) is 14.7. The lowest BCUT2D eigenvalue weighted by molar-refractivity contribution is -0.117. The second kappa shape index (κ2) is 6.27. The summed E-state index contributed by atoms with van der Waals surface area (Å²) in [7, 11) is 0. The number of benzene rings is 1. The van der Waals surface area contributed by atoms with Gasteiger partial charge in [0, 0.05) is 31.1 Å². The molecule has 1 fully saturated rings. The van der Waals surface area contributed by atoms with Crippen molar-refractivity contribution in [2.24, 2.45) is 0 Å². The van der Waals surface area contributed by atoms with E-state index in [1.165, 1.54) is 0 Å². The molecule has 0 saturated carbocycles. The minimum Gasteiger partial charge on any atom is -0.339 e. The number of hydrogen-bond donors (Lipinski definition) is 0. The van der Waals surface area contributed by atoms with Crippen LogP contribution in [0.25, 0.3) is 0 Å². The Hall–Kier alpha value is -1.55. The van der Waals surface area contributed by atoms with Crippen molar-refractivity contribution in [3.8, 4) is 0 Å². The van der Waals surface area contributed by atoms with Crippen LogP contribution in [0.5, 0.6) is 0 Å². The number of rotatable bonds is 4. The molecule has 1 heterocycles. The highest BCUT2D eigenvalue weighted by Crippen LogP contribution is 2.29. The van der Waals surface area contributed by atoms with Gasteiger partial charge in [0.15, 0.2) is 0 Å². The van der Waals surface area contributed by atoms with Gasteiger partial charge in [-0.15, -0.1) is 0 Å². The molecule has 1 saturated heterocycles. The number of hydrogen-bond acceptors (Lipinski definition) is 2. The molecule has 0 unspecified atom stereocenters. The lowest BCUT2D eigenvalue weighted by Crippen LogP contribution is -2.33. The second-order valence-corrected chi connectivity index (χ2v) is 5.22. The molecule has 1 aromatic rings. The summed E-state index contributed by atoms with van der Waals surface area (Å²) in [6, 6.07) is 5.12. The number of nitrogens with zero attached hydrogens (tertiary/aromatic N) is 2. The summed E-state index contributed by atoms with van der Waals surface area (Å²) < 4.78 is 0. The van der Waals surface area contributed by atoms with Crippen LogP contribution in [-0.4, -0.2) is 36.3 Å². The first-order valence-electron chi connectivity index (χ1n) is 6.97. The third-order valence-electron chi connectivity index (χ3n) is 3.61. The topological polar surface area (TPSA) is 40.6 Å². The largest absolute Gasteiger partial charge is 0.339 e. The van der Waals surface area contributed by atoms with Gasteiger partial charge in [0.25, 0.3) is 5.91 Å². The maximum absolute atomic E-state index is 12.5. The van der Waals surface area contributed by atoms with Gasteiger partial charge < -0.3 is 9.80 Å². The van der Waals surface area contributed by atoms with Crippen LogP contribution in [0.15, 0.2) is 18.2 Å². The molecule has 108 valence electrons. The fourth-order valence-electron chi connectivity index (χ4n) is 2.49. The van der Waals surface area contributed by atoms with E-state index >= 15 is 0 Å². The zero-order valence-corrected chi connectivity index (χ0v) is 12.6. The first-order chi connectivity index (χ1) is 9.58. The molecule has 0 spiro atoms. The van der Waals surface area contributed by atoms with Crippen LogP contribution in [0.2, 0.25) is 5.02 Å².